The average Bonchev–Trinajstić information content (AvgIpc) is 2.75. The molecule has 0 unspecified atom stereocenters. The number of carbonyl (C=O) groups excluding carboxylic acids is 2. The van der Waals surface area contributed by atoms with Crippen molar-refractivity contribution in [2.24, 2.45) is 0 Å². The zero-order valence-corrected chi connectivity index (χ0v) is 17.8. The molecule has 160 valence electrons. The van der Waals surface area contributed by atoms with Gasteiger partial charge in [0.25, 0.3) is 5.91 Å². The highest BCUT2D eigenvalue weighted by Crippen LogP contribution is 2.19. The Kier molecular flexibility index (Phi) is 7.46. The van der Waals surface area contributed by atoms with Crippen molar-refractivity contribution >= 4 is 33.6 Å². The van der Waals surface area contributed by atoms with Gasteiger partial charge in [-0.3, -0.25) is 9.59 Å². The van der Waals surface area contributed by atoms with Crippen LogP contribution in [-0.2, 0) is 14.8 Å². The monoisotopic (exact) mass is 451 g/mol. The third kappa shape index (κ3) is 5.80. The van der Waals surface area contributed by atoms with Crippen LogP contribution in [0, 0.1) is 5.82 Å². The fourth-order valence-corrected chi connectivity index (χ4v) is 5.16. The van der Waals surface area contributed by atoms with Crippen molar-refractivity contribution in [1.82, 2.24) is 14.9 Å². The molecule has 2 aromatic rings. The third-order valence-corrected chi connectivity index (χ3v) is 7.37. The molecule has 1 aliphatic rings. The lowest BCUT2D eigenvalue weighted by molar-refractivity contribution is -0.122. The normalized spacial score (nSPS) is 14.9. The molecule has 7 nitrogen and oxygen atoms in total. The molecule has 2 N–H and O–H groups in total. The van der Waals surface area contributed by atoms with Crippen LogP contribution in [0.1, 0.15) is 16.8 Å². The Morgan fingerprint density at radius 3 is 2.70 bits per heavy atom. The van der Waals surface area contributed by atoms with Crippen molar-refractivity contribution in [2.75, 3.05) is 31.9 Å². The zero-order chi connectivity index (χ0) is 21.6. The summed E-state index contributed by atoms with van der Waals surface area (Å²) in [7, 11) is -3.85. The highest BCUT2D eigenvalue weighted by molar-refractivity contribution is 7.99. The molecule has 3 rings (SSSR count). The summed E-state index contributed by atoms with van der Waals surface area (Å²) >= 11 is 1.56. The number of amides is 2. The summed E-state index contributed by atoms with van der Waals surface area (Å²) in [6, 6.07) is 12.0. The average molecular weight is 452 g/mol. The molecule has 1 heterocycles. The van der Waals surface area contributed by atoms with E-state index in [0.29, 0.717) is 13.0 Å². The van der Waals surface area contributed by atoms with Gasteiger partial charge in [0.1, 0.15) is 5.82 Å². The van der Waals surface area contributed by atoms with E-state index >= 15 is 0 Å². The van der Waals surface area contributed by atoms with Crippen molar-refractivity contribution in [2.45, 2.75) is 16.2 Å². The maximum Gasteiger partial charge on any atom is 0.251 e. The largest absolute Gasteiger partial charge is 0.354 e. The number of carbonyl (C=O) groups is 2. The molecule has 0 saturated carbocycles. The lowest BCUT2D eigenvalue weighted by Crippen LogP contribution is -2.49. The van der Waals surface area contributed by atoms with Crippen molar-refractivity contribution in [3.63, 3.8) is 0 Å². The van der Waals surface area contributed by atoms with Crippen molar-refractivity contribution in [3.05, 3.63) is 59.9 Å². The van der Waals surface area contributed by atoms with Gasteiger partial charge in [-0.15, -0.1) is 11.8 Å². The summed E-state index contributed by atoms with van der Waals surface area (Å²) in [5.74, 6) is -0.246. The van der Waals surface area contributed by atoms with Crippen LogP contribution in [0.15, 0.2) is 58.3 Å². The van der Waals surface area contributed by atoms with Gasteiger partial charge in [-0.2, -0.15) is 4.31 Å². The summed E-state index contributed by atoms with van der Waals surface area (Å²) in [5.41, 5.74) is 0.240. The number of hydrogen-bond acceptors (Lipinski definition) is 5. The number of rotatable bonds is 8. The molecule has 0 atom stereocenters. The quantitative estimate of drug-likeness (QED) is 0.472. The molecular formula is C20H22FN3O4S2. The van der Waals surface area contributed by atoms with E-state index < -0.39 is 10.0 Å². The predicted molar refractivity (Wildman–Crippen MR) is 112 cm³/mol. The Bertz CT molecular complexity index is 1010. The van der Waals surface area contributed by atoms with Crippen LogP contribution in [-0.4, -0.2) is 56.5 Å². The van der Waals surface area contributed by atoms with Gasteiger partial charge in [-0.25, -0.2) is 12.8 Å². The Labute approximate surface area is 179 Å². The van der Waals surface area contributed by atoms with E-state index in [2.05, 4.69) is 10.6 Å². The molecule has 2 amide bonds. The number of hydrogen-bond donors (Lipinski definition) is 2. The molecular weight excluding hydrogens is 429 g/mol. The van der Waals surface area contributed by atoms with E-state index in [1.807, 2.05) is 0 Å². The fraction of sp³-hybridized carbons (Fsp3) is 0.300. The standard InChI is InChI=1S/C20H22FN3O4S2/c21-16-5-7-17(8-6-16)29-12-2-9-23-20(26)15-3-1-4-18(13-15)30(27,28)24-11-10-22-19(25)14-24/h1,3-8,13H,2,9-12,14H2,(H,22,25)(H,23,26). The van der Waals surface area contributed by atoms with Gasteiger partial charge in [0.05, 0.1) is 11.4 Å². The van der Waals surface area contributed by atoms with Crippen molar-refractivity contribution < 1.29 is 22.4 Å². The summed E-state index contributed by atoms with van der Waals surface area (Å²) in [6.45, 7) is 0.644. The van der Waals surface area contributed by atoms with Crippen LogP contribution in [0.3, 0.4) is 0 Å². The minimum atomic E-state index is -3.85. The maximum atomic E-state index is 12.9. The van der Waals surface area contributed by atoms with Gasteiger partial charge in [0, 0.05) is 30.1 Å². The van der Waals surface area contributed by atoms with Crippen LogP contribution >= 0.6 is 11.8 Å². The first-order valence-electron chi connectivity index (χ1n) is 9.40. The minimum absolute atomic E-state index is 0.0169. The van der Waals surface area contributed by atoms with Crippen LogP contribution in [0.4, 0.5) is 4.39 Å². The lowest BCUT2D eigenvalue weighted by Gasteiger charge is -2.26. The number of piperazine rings is 1. The minimum Gasteiger partial charge on any atom is -0.354 e. The Morgan fingerprint density at radius 2 is 1.97 bits per heavy atom. The molecule has 0 spiro atoms. The molecule has 10 heteroatoms. The number of halogens is 1. The van der Waals surface area contributed by atoms with E-state index in [1.165, 1.54) is 30.3 Å². The second kappa shape index (κ2) is 10.1. The van der Waals surface area contributed by atoms with E-state index in [1.54, 1.807) is 30.0 Å². The van der Waals surface area contributed by atoms with E-state index in [-0.39, 0.29) is 47.7 Å². The Hall–Kier alpha value is -2.43. The predicted octanol–water partition coefficient (Wildman–Crippen LogP) is 1.86. The molecule has 2 aromatic carbocycles. The number of nitrogens with zero attached hydrogens (tertiary/aromatic N) is 1. The highest BCUT2D eigenvalue weighted by atomic mass is 32.2. The summed E-state index contributed by atoms with van der Waals surface area (Å²) < 4.78 is 39.5. The van der Waals surface area contributed by atoms with Crippen LogP contribution in [0.2, 0.25) is 0 Å². The van der Waals surface area contributed by atoms with Gasteiger partial charge >= 0.3 is 0 Å². The number of nitrogens with one attached hydrogen (secondary N) is 2. The number of benzene rings is 2. The highest BCUT2D eigenvalue weighted by Gasteiger charge is 2.29. The summed E-state index contributed by atoms with van der Waals surface area (Å²) in [6.07, 6.45) is 0.703. The number of sulfonamides is 1. The van der Waals surface area contributed by atoms with E-state index in [0.717, 1.165) is 15.0 Å². The van der Waals surface area contributed by atoms with Crippen LogP contribution < -0.4 is 10.6 Å². The Balaban J connectivity index is 1.52. The third-order valence-electron chi connectivity index (χ3n) is 4.43. The van der Waals surface area contributed by atoms with Gasteiger partial charge in [0.2, 0.25) is 15.9 Å². The van der Waals surface area contributed by atoms with Crippen LogP contribution in [0.25, 0.3) is 0 Å². The molecule has 1 fully saturated rings. The van der Waals surface area contributed by atoms with E-state index in [9.17, 15) is 22.4 Å². The SMILES string of the molecule is O=C1CN(S(=O)(=O)c2cccc(C(=O)NCCCSc3ccc(F)cc3)c2)CCN1. The van der Waals surface area contributed by atoms with Crippen molar-refractivity contribution in [1.29, 1.82) is 0 Å². The topological polar surface area (TPSA) is 95.6 Å². The van der Waals surface area contributed by atoms with Gasteiger partial charge in [-0.05, 0) is 54.6 Å². The Morgan fingerprint density at radius 1 is 1.20 bits per heavy atom. The molecule has 1 saturated heterocycles. The molecule has 0 bridgehead atoms. The molecule has 0 aliphatic carbocycles. The van der Waals surface area contributed by atoms with Gasteiger partial charge in [-0.1, -0.05) is 6.07 Å². The van der Waals surface area contributed by atoms with Crippen LogP contribution in [0.5, 0.6) is 0 Å². The smallest absolute Gasteiger partial charge is 0.251 e. The second-order valence-electron chi connectivity index (χ2n) is 6.63. The summed E-state index contributed by atoms with van der Waals surface area (Å²) in [5, 5.41) is 5.36. The van der Waals surface area contributed by atoms with Crippen molar-refractivity contribution in [3.8, 4) is 0 Å². The number of thioether (sulfide) groups is 1. The fourth-order valence-electron chi connectivity index (χ4n) is 2.86. The molecule has 0 radical (unpaired) electrons. The first-order chi connectivity index (χ1) is 14.4. The van der Waals surface area contributed by atoms with Gasteiger partial charge < -0.3 is 10.6 Å². The summed E-state index contributed by atoms with van der Waals surface area (Å²) in [4.78, 5) is 24.8. The van der Waals surface area contributed by atoms with E-state index in [4.69, 9.17) is 0 Å². The second-order valence-corrected chi connectivity index (χ2v) is 9.73. The molecule has 1 aliphatic heterocycles. The van der Waals surface area contributed by atoms with Gasteiger partial charge in [0.15, 0.2) is 0 Å². The lowest BCUT2D eigenvalue weighted by atomic mass is 10.2. The maximum absolute atomic E-state index is 12.9. The molecule has 30 heavy (non-hydrogen) atoms. The molecule has 0 aromatic heterocycles. The first kappa shape index (κ1) is 22.3. The zero-order valence-electron chi connectivity index (χ0n) is 16.1. The first-order valence-corrected chi connectivity index (χ1v) is 11.8.